The van der Waals surface area contributed by atoms with Crippen LogP contribution in [0.2, 0.25) is 0 Å². The fraction of sp³-hybridized carbons (Fsp3) is 0.864. The molecule has 0 heterocycles. The zero-order valence-electron chi connectivity index (χ0n) is 16.7. The highest BCUT2D eigenvalue weighted by molar-refractivity contribution is 5.68. The molecule has 1 fully saturated rings. The Morgan fingerprint density at radius 1 is 1.24 bits per heavy atom. The molecule has 3 nitrogen and oxygen atoms in total. The first-order valence-electron chi connectivity index (χ1n) is 10.5. The van der Waals surface area contributed by atoms with Crippen molar-refractivity contribution >= 4 is 5.97 Å². The van der Waals surface area contributed by atoms with E-state index in [-0.39, 0.29) is 18.0 Å². The van der Waals surface area contributed by atoms with Crippen LogP contribution in [0.1, 0.15) is 90.9 Å². The van der Waals surface area contributed by atoms with Gasteiger partial charge >= 0.3 is 5.97 Å². The number of aliphatic hydroxyl groups excluding tert-OH is 1. The Morgan fingerprint density at radius 2 is 2.04 bits per heavy atom. The fourth-order valence-corrected chi connectivity index (χ4v) is 3.98. The van der Waals surface area contributed by atoms with Gasteiger partial charge in [0.1, 0.15) is 0 Å². The van der Waals surface area contributed by atoms with E-state index < -0.39 is 0 Å². The minimum atomic E-state index is -0.249. The van der Waals surface area contributed by atoms with Gasteiger partial charge in [-0.05, 0) is 62.7 Å². The summed E-state index contributed by atoms with van der Waals surface area (Å²) in [4.78, 5) is 11.2. The third-order valence-electron chi connectivity index (χ3n) is 5.79. The number of aliphatic hydroxyl groups is 1. The molecule has 1 rings (SSSR count). The SMILES string of the molecule is CCCCCC/C=C/C1CCC[C@@H]1CC(O)C(C)CCCC(=O)OC. The van der Waals surface area contributed by atoms with Crippen molar-refractivity contribution in [2.45, 2.75) is 97.0 Å². The van der Waals surface area contributed by atoms with E-state index in [2.05, 4.69) is 30.7 Å². The molecule has 3 heteroatoms. The van der Waals surface area contributed by atoms with Crippen LogP contribution in [0.5, 0.6) is 0 Å². The topological polar surface area (TPSA) is 46.5 Å². The molecule has 146 valence electrons. The zero-order chi connectivity index (χ0) is 18.5. The van der Waals surface area contributed by atoms with Crippen LogP contribution in [0.4, 0.5) is 0 Å². The van der Waals surface area contributed by atoms with Gasteiger partial charge in [0, 0.05) is 6.42 Å². The highest BCUT2D eigenvalue weighted by atomic mass is 16.5. The maximum atomic E-state index is 11.2. The van der Waals surface area contributed by atoms with Gasteiger partial charge in [0.2, 0.25) is 0 Å². The number of carbonyl (C=O) groups excluding carboxylic acids is 1. The molecule has 0 spiro atoms. The van der Waals surface area contributed by atoms with Gasteiger partial charge in [0.25, 0.3) is 0 Å². The van der Waals surface area contributed by atoms with Crippen LogP contribution in [0, 0.1) is 17.8 Å². The summed E-state index contributed by atoms with van der Waals surface area (Å²) in [7, 11) is 1.43. The summed E-state index contributed by atoms with van der Waals surface area (Å²) < 4.78 is 4.67. The van der Waals surface area contributed by atoms with Gasteiger partial charge in [-0.2, -0.15) is 0 Å². The van der Waals surface area contributed by atoms with Gasteiger partial charge in [-0.1, -0.05) is 51.7 Å². The molecule has 0 aromatic rings. The average Bonchev–Trinajstić information content (AvgIpc) is 3.04. The molecule has 1 N–H and O–H groups in total. The van der Waals surface area contributed by atoms with Crippen molar-refractivity contribution in [2.75, 3.05) is 7.11 Å². The molecule has 1 aliphatic carbocycles. The van der Waals surface area contributed by atoms with Gasteiger partial charge in [0.05, 0.1) is 13.2 Å². The number of rotatable bonds is 13. The molecular weight excluding hydrogens is 312 g/mol. The van der Waals surface area contributed by atoms with Gasteiger partial charge in [-0.25, -0.2) is 0 Å². The summed E-state index contributed by atoms with van der Waals surface area (Å²) in [6.45, 7) is 4.36. The normalized spacial score (nSPS) is 23.0. The Balaban J connectivity index is 2.28. The lowest BCUT2D eigenvalue weighted by Crippen LogP contribution is -2.23. The van der Waals surface area contributed by atoms with Crippen LogP contribution in [-0.4, -0.2) is 24.3 Å². The molecule has 25 heavy (non-hydrogen) atoms. The summed E-state index contributed by atoms with van der Waals surface area (Å²) in [5, 5.41) is 10.5. The summed E-state index contributed by atoms with van der Waals surface area (Å²) in [5.41, 5.74) is 0. The number of ether oxygens (including phenoxy) is 1. The van der Waals surface area contributed by atoms with Crippen LogP contribution in [-0.2, 0) is 9.53 Å². The van der Waals surface area contributed by atoms with Gasteiger partial charge < -0.3 is 9.84 Å². The second-order valence-corrected chi connectivity index (χ2v) is 7.88. The van der Waals surface area contributed by atoms with Gasteiger partial charge in [-0.3, -0.25) is 4.79 Å². The number of esters is 1. The predicted octanol–water partition coefficient (Wildman–Crippen LogP) is 5.66. The average molecular weight is 353 g/mol. The van der Waals surface area contributed by atoms with E-state index in [1.165, 1.54) is 58.5 Å². The number of hydrogen-bond donors (Lipinski definition) is 1. The monoisotopic (exact) mass is 352 g/mol. The lowest BCUT2D eigenvalue weighted by molar-refractivity contribution is -0.140. The first kappa shape index (κ1) is 22.2. The largest absolute Gasteiger partial charge is 0.469 e. The highest BCUT2D eigenvalue weighted by Crippen LogP contribution is 2.37. The van der Waals surface area contributed by atoms with E-state index in [0.29, 0.717) is 18.3 Å². The maximum Gasteiger partial charge on any atom is 0.305 e. The molecule has 4 atom stereocenters. The number of methoxy groups -OCH3 is 1. The Labute approximate surface area is 155 Å². The Kier molecular flexibility index (Phi) is 11.9. The second-order valence-electron chi connectivity index (χ2n) is 7.88. The lowest BCUT2D eigenvalue weighted by Gasteiger charge is -2.24. The van der Waals surface area contributed by atoms with Crippen molar-refractivity contribution in [2.24, 2.45) is 17.8 Å². The zero-order valence-corrected chi connectivity index (χ0v) is 16.7. The molecule has 0 saturated heterocycles. The van der Waals surface area contributed by atoms with Crippen LogP contribution in [0.15, 0.2) is 12.2 Å². The van der Waals surface area contributed by atoms with Crippen molar-refractivity contribution in [3.8, 4) is 0 Å². The van der Waals surface area contributed by atoms with Crippen molar-refractivity contribution in [3.63, 3.8) is 0 Å². The van der Waals surface area contributed by atoms with Crippen molar-refractivity contribution in [1.29, 1.82) is 0 Å². The Bertz CT molecular complexity index is 377. The summed E-state index contributed by atoms with van der Waals surface area (Å²) in [6, 6.07) is 0. The van der Waals surface area contributed by atoms with E-state index in [4.69, 9.17) is 0 Å². The smallest absolute Gasteiger partial charge is 0.305 e. The van der Waals surface area contributed by atoms with E-state index in [1.807, 2.05) is 0 Å². The van der Waals surface area contributed by atoms with Crippen molar-refractivity contribution < 1.29 is 14.6 Å². The minimum Gasteiger partial charge on any atom is -0.469 e. The number of hydrogen-bond acceptors (Lipinski definition) is 3. The van der Waals surface area contributed by atoms with Crippen LogP contribution in [0.3, 0.4) is 0 Å². The Morgan fingerprint density at radius 3 is 2.76 bits per heavy atom. The van der Waals surface area contributed by atoms with Crippen LogP contribution >= 0.6 is 0 Å². The highest BCUT2D eigenvalue weighted by Gasteiger charge is 2.28. The first-order valence-corrected chi connectivity index (χ1v) is 10.5. The molecule has 0 radical (unpaired) electrons. The summed E-state index contributed by atoms with van der Waals surface area (Å²) in [6.07, 6.45) is 17.9. The minimum absolute atomic E-state index is 0.151. The Hall–Kier alpha value is -0.830. The molecule has 0 bridgehead atoms. The number of carbonyl (C=O) groups is 1. The fourth-order valence-electron chi connectivity index (χ4n) is 3.98. The van der Waals surface area contributed by atoms with E-state index in [9.17, 15) is 9.90 Å². The predicted molar refractivity (Wildman–Crippen MR) is 104 cm³/mol. The maximum absolute atomic E-state index is 11.2. The molecule has 0 aliphatic heterocycles. The quantitative estimate of drug-likeness (QED) is 0.264. The van der Waals surface area contributed by atoms with Gasteiger partial charge in [-0.15, -0.1) is 0 Å². The molecule has 1 saturated carbocycles. The van der Waals surface area contributed by atoms with Crippen molar-refractivity contribution in [3.05, 3.63) is 12.2 Å². The first-order chi connectivity index (χ1) is 12.1. The van der Waals surface area contributed by atoms with E-state index >= 15 is 0 Å². The summed E-state index contributed by atoms with van der Waals surface area (Å²) in [5.74, 6) is 1.39. The van der Waals surface area contributed by atoms with E-state index in [0.717, 1.165) is 19.3 Å². The molecule has 0 amide bonds. The molecule has 3 unspecified atom stereocenters. The van der Waals surface area contributed by atoms with Crippen LogP contribution in [0.25, 0.3) is 0 Å². The summed E-state index contributed by atoms with van der Waals surface area (Å²) >= 11 is 0. The van der Waals surface area contributed by atoms with Crippen molar-refractivity contribution in [1.82, 2.24) is 0 Å². The third kappa shape index (κ3) is 9.44. The standard InChI is InChI=1S/C22H40O3/c1-4-5-6-7-8-9-13-19-14-11-15-20(19)17-21(23)18(2)12-10-16-22(24)25-3/h9,13,18-21,23H,4-8,10-12,14-17H2,1-3H3/b13-9+/t18?,19?,20-,21?/m1/s1. The lowest BCUT2D eigenvalue weighted by atomic mass is 9.85. The van der Waals surface area contributed by atoms with E-state index in [1.54, 1.807) is 0 Å². The van der Waals surface area contributed by atoms with Crippen LogP contribution < -0.4 is 0 Å². The molecule has 1 aliphatic rings. The number of unbranched alkanes of at least 4 members (excludes halogenated alkanes) is 4. The van der Waals surface area contributed by atoms with Gasteiger partial charge in [0.15, 0.2) is 0 Å². The number of allylic oxidation sites excluding steroid dienone is 2. The molecule has 0 aromatic heterocycles. The third-order valence-corrected chi connectivity index (χ3v) is 5.79. The second kappa shape index (κ2) is 13.4. The molecule has 0 aromatic carbocycles. The molecular formula is C22H40O3.